The number of aromatic nitrogens is 1. The van der Waals surface area contributed by atoms with Gasteiger partial charge >= 0.3 is 0 Å². The highest BCUT2D eigenvalue weighted by Gasteiger charge is 2.28. The minimum absolute atomic E-state index is 0.301. The second-order valence-corrected chi connectivity index (χ2v) is 9.00. The van der Waals surface area contributed by atoms with E-state index in [-0.39, 0.29) is 5.91 Å². The standard InChI is InChI=1S/C19H16Cl2N2O2.C3H7Cl/c20-12-3-1-11(2-4-12)18(24)19(25)23-8-7-14-15-9-13(21)5-6-16(15)22-17(14)10-23;1-3(2)4/h1-6,9,18,22,24H,7-8,10H2;3H,1-2H3. The number of carbonyl (C=O) groups excluding carboxylic acids is 1. The summed E-state index contributed by atoms with van der Waals surface area (Å²) in [5, 5.41) is 13.1. The number of benzene rings is 2. The van der Waals surface area contributed by atoms with Gasteiger partial charge in [0.1, 0.15) is 0 Å². The number of fused-ring (bicyclic) bond motifs is 3. The lowest BCUT2D eigenvalue weighted by atomic mass is 10.0. The van der Waals surface area contributed by atoms with Crippen molar-refractivity contribution in [3.63, 3.8) is 0 Å². The summed E-state index contributed by atoms with van der Waals surface area (Å²) in [6.07, 6.45) is -0.452. The summed E-state index contributed by atoms with van der Waals surface area (Å²) < 4.78 is 0. The molecule has 1 aliphatic rings. The van der Waals surface area contributed by atoms with Gasteiger partial charge < -0.3 is 15.0 Å². The van der Waals surface area contributed by atoms with Gasteiger partial charge in [0.05, 0.1) is 6.54 Å². The molecule has 1 unspecified atom stereocenters. The molecular weight excluding hydrogens is 431 g/mol. The molecular formula is C22H23Cl3N2O2. The normalized spacial score (nSPS) is 14.4. The second-order valence-electron chi connectivity index (χ2n) is 7.25. The van der Waals surface area contributed by atoms with Gasteiger partial charge in [-0.05, 0) is 61.7 Å². The van der Waals surface area contributed by atoms with Gasteiger partial charge in [-0.1, -0.05) is 35.3 Å². The molecule has 1 amide bonds. The lowest BCUT2D eigenvalue weighted by Crippen LogP contribution is -2.39. The Labute approximate surface area is 185 Å². The maximum Gasteiger partial charge on any atom is 0.256 e. The lowest BCUT2D eigenvalue weighted by molar-refractivity contribution is -0.141. The molecule has 0 saturated carbocycles. The van der Waals surface area contributed by atoms with Crippen molar-refractivity contribution in [1.29, 1.82) is 0 Å². The van der Waals surface area contributed by atoms with Gasteiger partial charge in [-0.15, -0.1) is 11.6 Å². The van der Waals surface area contributed by atoms with Gasteiger partial charge in [0.2, 0.25) is 0 Å². The highest BCUT2D eigenvalue weighted by molar-refractivity contribution is 6.31. The van der Waals surface area contributed by atoms with Gasteiger partial charge in [0.15, 0.2) is 6.10 Å². The molecule has 0 radical (unpaired) electrons. The molecule has 1 aliphatic heterocycles. The Kier molecular flexibility index (Phi) is 7.12. The first-order valence-corrected chi connectivity index (χ1v) is 10.6. The van der Waals surface area contributed by atoms with Crippen molar-refractivity contribution in [3.8, 4) is 0 Å². The van der Waals surface area contributed by atoms with Crippen LogP contribution in [0.2, 0.25) is 10.0 Å². The molecule has 0 saturated heterocycles. The number of carbonyl (C=O) groups is 1. The van der Waals surface area contributed by atoms with Crippen molar-refractivity contribution < 1.29 is 9.90 Å². The number of aromatic amines is 1. The molecule has 0 spiro atoms. The largest absolute Gasteiger partial charge is 0.378 e. The molecule has 1 atom stereocenters. The summed E-state index contributed by atoms with van der Waals surface area (Å²) in [6.45, 7) is 4.88. The summed E-state index contributed by atoms with van der Waals surface area (Å²) in [5.41, 5.74) is 3.76. The molecule has 4 rings (SSSR count). The van der Waals surface area contributed by atoms with E-state index in [4.69, 9.17) is 34.8 Å². The predicted octanol–water partition coefficient (Wildman–Crippen LogP) is 5.73. The number of aliphatic hydroxyl groups is 1. The van der Waals surface area contributed by atoms with Crippen molar-refractivity contribution >= 4 is 51.6 Å². The van der Waals surface area contributed by atoms with Crippen molar-refractivity contribution in [2.24, 2.45) is 0 Å². The van der Waals surface area contributed by atoms with Gasteiger partial charge in [0.25, 0.3) is 5.91 Å². The Hall–Kier alpha value is -1.72. The third-order valence-corrected chi connectivity index (χ3v) is 5.16. The number of halogens is 3. The molecule has 154 valence electrons. The van der Waals surface area contributed by atoms with Crippen molar-refractivity contribution in [3.05, 3.63) is 69.3 Å². The number of alkyl halides is 1. The fourth-order valence-corrected chi connectivity index (χ4v) is 3.66. The second kappa shape index (κ2) is 9.40. The first kappa shape index (κ1) is 22.0. The van der Waals surface area contributed by atoms with Crippen LogP contribution < -0.4 is 0 Å². The van der Waals surface area contributed by atoms with Crippen LogP contribution in [0.4, 0.5) is 0 Å². The van der Waals surface area contributed by atoms with Crippen molar-refractivity contribution in [1.82, 2.24) is 9.88 Å². The topological polar surface area (TPSA) is 56.3 Å². The van der Waals surface area contributed by atoms with E-state index in [9.17, 15) is 9.90 Å². The molecule has 29 heavy (non-hydrogen) atoms. The first-order chi connectivity index (χ1) is 13.8. The predicted molar refractivity (Wildman–Crippen MR) is 120 cm³/mol. The molecule has 0 fully saturated rings. The third-order valence-electron chi connectivity index (χ3n) is 4.67. The third kappa shape index (κ3) is 5.26. The number of nitrogens with one attached hydrogen (secondary N) is 1. The van der Waals surface area contributed by atoms with Crippen LogP contribution in [0.1, 0.15) is 36.8 Å². The zero-order valence-electron chi connectivity index (χ0n) is 16.3. The first-order valence-electron chi connectivity index (χ1n) is 9.41. The lowest BCUT2D eigenvalue weighted by Gasteiger charge is -2.29. The Morgan fingerprint density at radius 3 is 2.38 bits per heavy atom. The maximum absolute atomic E-state index is 12.7. The number of H-pyrrole nitrogens is 1. The number of hydrogen-bond acceptors (Lipinski definition) is 2. The highest BCUT2D eigenvalue weighted by Crippen LogP contribution is 2.30. The van der Waals surface area contributed by atoms with Gasteiger partial charge in [-0.25, -0.2) is 0 Å². The van der Waals surface area contributed by atoms with Gasteiger partial charge in [-0.2, -0.15) is 0 Å². The summed E-state index contributed by atoms with van der Waals surface area (Å²) in [5.74, 6) is -0.301. The van der Waals surface area contributed by atoms with Crippen LogP contribution in [0.15, 0.2) is 42.5 Å². The number of rotatable bonds is 2. The quantitative estimate of drug-likeness (QED) is 0.487. The molecule has 2 N–H and O–H groups in total. The number of amides is 1. The molecule has 3 aromatic rings. The monoisotopic (exact) mass is 452 g/mol. The minimum Gasteiger partial charge on any atom is -0.378 e. The molecule has 2 heterocycles. The van der Waals surface area contributed by atoms with E-state index >= 15 is 0 Å². The SMILES string of the molecule is CC(C)Cl.O=C(C(O)c1ccc(Cl)cc1)N1CCc2c([nH]c3ccc(Cl)cc23)C1. The van der Waals surface area contributed by atoms with Crippen LogP contribution in [-0.2, 0) is 17.8 Å². The molecule has 0 aliphatic carbocycles. The summed E-state index contributed by atoms with van der Waals surface area (Å²) in [6, 6.07) is 12.4. The fraction of sp³-hybridized carbons (Fsp3) is 0.318. The highest BCUT2D eigenvalue weighted by atomic mass is 35.5. The van der Waals surface area contributed by atoms with Crippen LogP contribution in [0, 0.1) is 0 Å². The smallest absolute Gasteiger partial charge is 0.256 e. The van der Waals surface area contributed by atoms with Crippen molar-refractivity contribution in [2.75, 3.05) is 6.54 Å². The summed E-state index contributed by atoms with van der Waals surface area (Å²) in [4.78, 5) is 17.7. The van der Waals surface area contributed by atoms with E-state index in [0.29, 0.717) is 34.1 Å². The average molecular weight is 454 g/mol. The number of hydrogen-bond donors (Lipinski definition) is 2. The van der Waals surface area contributed by atoms with Gasteiger partial charge in [0, 0.05) is 38.6 Å². The summed E-state index contributed by atoms with van der Waals surface area (Å²) >= 11 is 17.2. The van der Waals surface area contributed by atoms with Crippen LogP contribution in [-0.4, -0.2) is 32.8 Å². The van der Waals surface area contributed by atoms with Crippen LogP contribution >= 0.6 is 34.8 Å². The summed E-state index contributed by atoms with van der Waals surface area (Å²) in [7, 11) is 0. The Bertz CT molecular complexity index is 996. The Morgan fingerprint density at radius 2 is 1.72 bits per heavy atom. The molecule has 4 nitrogen and oxygen atoms in total. The van der Waals surface area contributed by atoms with Gasteiger partial charge in [-0.3, -0.25) is 4.79 Å². The van der Waals surface area contributed by atoms with E-state index in [0.717, 1.165) is 23.0 Å². The maximum atomic E-state index is 12.7. The van der Waals surface area contributed by atoms with Crippen LogP contribution in [0.25, 0.3) is 10.9 Å². The van der Waals surface area contributed by atoms with E-state index in [1.54, 1.807) is 29.2 Å². The Morgan fingerprint density at radius 1 is 1.10 bits per heavy atom. The molecule has 7 heteroatoms. The molecule has 1 aromatic heterocycles. The molecule has 0 bridgehead atoms. The van der Waals surface area contributed by atoms with Crippen LogP contribution in [0.3, 0.4) is 0 Å². The number of nitrogens with zero attached hydrogens (tertiary/aromatic N) is 1. The van der Waals surface area contributed by atoms with E-state index < -0.39 is 6.10 Å². The van der Waals surface area contributed by atoms with E-state index in [1.165, 1.54) is 5.56 Å². The Balaban J connectivity index is 0.000000552. The van der Waals surface area contributed by atoms with Crippen LogP contribution in [0.5, 0.6) is 0 Å². The van der Waals surface area contributed by atoms with E-state index in [1.807, 2.05) is 32.0 Å². The fourth-order valence-electron chi connectivity index (χ4n) is 3.36. The zero-order chi connectivity index (χ0) is 21.1. The van der Waals surface area contributed by atoms with Crippen molar-refractivity contribution in [2.45, 2.75) is 38.3 Å². The molecule has 2 aromatic carbocycles. The van der Waals surface area contributed by atoms with E-state index in [2.05, 4.69) is 4.98 Å². The average Bonchev–Trinajstić information content (AvgIpc) is 3.04. The zero-order valence-corrected chi connectivity index (χ0v) is 18.5. The number of aliphatic hydroxyl groups excluding tert-OH is 1. The minimum atomic E-state index is -1.18.